The predicted molar refractivity (Wildman–Crippen MR) is 74.9 cm³/mol. The van der Waals surface area contributed by atoms with Gasteiger partial charge in [-0.3, -0.25) is 4.90 Å². The molecule has 1 aliphatic heterocycles. The van der Waals surface area contributed by atoms with Crippen molar-refractivity contribution in [1.82, 2.24) is 10.2 Å². The molecule has 1 heterocycles. The average molecular weight is 248 g/mol. The second kappa shape index (κ2) is 6.76. The van der Waals surface area contributed by atoms with E-state index in [0.717, 1.165) is 31.4 Å². The van der Waals surface area contributed by atoms with E-state index in [1.807, 2.05) is 13.1 Å². The molecule has 1 atom stereocenters. The molecule has 1 aromatic carbocycles. The zero-order valence-electron chi connectivity index (χ0n) is 11.5. The largest absolute Gasteiger partial charge is 0.492 e. The minimum Gasteiger partial charge on any atom is -0.492 e. The number of rotatable bonds is 6. The molecule has 2 rings (SSSR count). The topological polar surface area (TPSA) is 24.5 Å². The molecule has 0 amide bonds. The van der Waals surface area contributed by atoms with Crippen molar-refractivity contribution in [3.8, 4) is 5.75 Å². The average Bonchev–Trinajstić information content (AvgIpc) is 2.78. The molecule has 0 spiro atoms. The van der Waals surface area contributed by atoms with Gasteiger partial charge in [0.05, 0.1) is 0 Å². The maximum Gasteiger partial charge on any atom is 0.123 e. The molecule has 18 heavy (non-hydrogen) atoms. The molecule has 1 unspecified atom stereocenters. The third-order valence-electron chi connectivity index (χ3n) is 3.51. The molecule has 0 aliphatic carbocycles. The van der Waals surface area contributed by atoms with Crippen molar-refractivity contribution in [3.05, 3.63) is 29.8 Å². The molecule has 1 N–H and O–H groups in total. The number of hydrogen-bond donors (Lipinski definition) is 1. The van der Waals surface area contributed by atoms with Crippen LogP contribution in [-0.4, -0.2) is 38.2 Å². The lowest BCUT2D eigenvalue weighted by Crippen LogP contribution is -2.26. The molecule has 3 heteroatoms. The normalized spacial score (nSPS) is 20.2. The fourth-order valence-corrected chi connectivity index (χ4v) is 2.50. The van der Waals surface area contributed by atoms with Crippen LogP contribution in [0.4, 0.5) is 0 Å². The van der Waals surface area contributed by atoms with Crippen LogP contribution in [0.25, 0.3) is 0 Å². The van der Waals surface area contributed by atoms with Gasteiger partial charge in [0, 0.05) is 25.2 Å². The van der Waals surface area contributed by atoms with Crippen molar-refractivity contribution < 1.29 is 4.74 Å². The molecule has 0 bridgehead atoms. The van der Waals surface area contributed by atoms with Gasteiger partial charge in [-0.25, -0.2) is 0 Å². The maximum atomic E-state index is 5.91. The van der Waals surface area contributed by atoms with Gasteiger partial charge in [0.2, 0.25) is 0 Å². The first-order valence-electron chi connectivity index (χ1n) is 6.87. The van der Waals surface area contributed by atoms with Crippen LogP contribution in [0.15, 0.2) is 24.3 Å². The van der Waals surface area contributed by atoms with Crippen molar-refractivity contribution in [3.63, 3.8) is 0 Å². The summed E-state index contributed by atoms with van der Waals surface area (Å²) in [6.45, 7) is 7.45. The highest BCUT2D eigenvalue weighted by atomic mass is 16.5. The smallest absolute Gasteiger partial charge is 0.123 e. The number of nitrogens with one attached hydrogen (secondary N) is 1. The molecule has 1 saturated heterocycles. The molecular formula is C15H24N2O. The van der Waals surface area contributed by atoms with Crippen molar-refractivity contribution in [2.24, 2.45) is 5.92 Å². The Balaban J connectivity index is 1.79. The Morgan fingerprint density at radius 3 is 2.94 bits per heavy atom. The number of benzene rings is 1. The summed E-state index contributed by atoms with van der Waals surface area (Å²) in [6.07, 6.45) is 1.33. The number of nitrogens with zero attached hydrogens (tertiary/aromatic N) is 1. The summed E-state index contributed by atoms with van der Waals surface area (Å²) in [5.74, 6) is 1.86. The number of para-hydroxylation sites is 1. The van der Waals surface area contributed by atoms with Crippen molar-refractivity contribution in [2.75, 3.05) is 33.3 Å². The molecule has 1 aromatic rings. The predicted octanol–water partition coefficient (Wildman–Crippen LogP) is 2.13. The minimum atomic E-state index is 0.785. The van der Waals surface area contributed by atoms with E-state index in [-0.39, 0.29) is 0 Å². The number of hydrogen-bond acceptors (Lipinski definition) is 3. The van der Waals surface area contributed by atoms with Gasteiger partial charge in [0.1, 0.15) is 12.4 Å². The Morgan fingerprint density at radius 2 is 2.22 bits per heavy atom. The van der Waals surface area contributed by atoms with E-state index >= 15 is 0 Å². The number of likely N-dealkylation sites (tertiary alicyclic amines) is 1. The van der Waals surface area contributed by atoms with Gasteiger partial charge in [-0.05, 0) is 32.0 Å². The summed E-state index contributed by atoms with van der Waals surface area (Å²) in [5, 5.41) is 3.17. The second-order valence-corrected chi connectivity index (χ2v) is 5.18. The van der Waals surface area contributed by atoms with Crippen molar-refractivity contribution in [2.45, 2.75) is 19.9 Å². The van der Waals surface area contributed by atoms with E-state index < -0.39 is 0 Å². The van der Waals surface area contributed by atoms with E-state index in [2.05, 4.69) is 35.3 Å². The first-order valence-corrected chi connectivity index (χ1v) is 6.87. The molecule has 1 aliphatic rings. The van der Waals surface area contributed by atoms with E-state index in [9.17, 15) is 0 Å². The molecule has 3 nitrogen and oxygen atoms in total. The Labute approximate surface area is 110 Å². The lowest BCUT2D eigenvalue weighted by atomic mass is 10.2. The fraction of sp³-hybridized carbons (Fsp3) is 0.600. The summed E-state index contributed by atoms with van der Waals surface area (Å²) in [7, 11) is 1.96. The third-order valence-corrected chi connectivity index (χ3v) is 3.51. The monoisotopic (exact) mass is 248 g/mol. The quantitative estimate of drug-likeness (QED) is 0.834. The maximum absolute atomic E-state index is 5.91. The van der Waals surface area contributed by atoms with Crippen LogP contribution in [0.3, 0.4) is 0 Å². The molecule has 100 valence electrons. The van der Waals surface area contributed by atoms with Gasteiger partial charge >= 0.3 is 0 Å². The van der Waals surface area contributed by atoms with Crippen LogP contribution in [0.2, 0.25) is 0 Å². The first-order chi connectivity index (χ1) is 8.79. The van der Waals surface area contributed by atoms with Crippen LogP contribution in [0.5, 0.6) is 5.75 Å². The Morgan fingerprint density at radius 1 is 1.39 bits per heavy atom. The SMILES string of the molecule is CNCc1ccccc1OCCN1CCC(C)C1. The van der Waals surface area contributed by atoms with Crippen LogP contribution < -0.4 is 10.1 Å². The highest BCUT2D eigenvalue weighted by Crippen LogP contribution is 2.18. The van der Waals surface area contributed by atoms with Crippen LogP contribution >= 0.6 is 0 Å². The second-order valence-electron chi connectivity index (χ2n) is 5.18. The van der Waals surface area contributed by atoms with Gasteiger partial charge in [-0.1, -0.05) is 25.1 Å². The summed E-state index contributed by atoms with van der Waals surface area (Å²) < 4.78 is 5.91. The number of ether oxygens (including phenoxy) is 1. The third kappa shape index (κ3) is 3.72. The lowest BCUT2D eigenvalue weighted by molar-refractivity contribution is 0.232. The van der Waals surface area contributed by atoms with Gasteiger partial charge in [-0.2, -0.15) is 0 Å². The highest BCUT2D eigenvalue weighted by molar-refractivity contribution is 5.33. The van der Waals surface area contributed by atoms with E-state index in [1.165, 1.54) is 25.1 Å². The van der Waals surface area contributed by atoms with Crippen LogP contribution in [-0.2, 0) is 6.54 Å². The molecule has 0 radical (unpaired) electrons. The Hall–Kier alpha value is -1.06. The molecule has 0 aromatic heterocycles. The summed E-state index contributed by atoms with van der Waals surface area (Å²) in [6, 6.07) is 8.26. The van der Waals surface area contributed by atoms with E-state index in [0.29, 0.717) is 0 Å². The minimum absolute atomic E-state index is 0.785. The van der Waals surface area contributed by atoms with Crippen molar-refractivity contribution >= 4 is 0 Å². The molecule has 1 fully saturated rings. The fourth-order valence-electron chi connectivity index (χ4n) is 2.50. The molecular weight excluding hydrogens is 224 g/mol. The Kier molecular flexibility index (Phi) is 5.02. The highest BCUT2D eigenvalue weighted by Gasteiger charge is 2.17. The lowest BCUT2D eigenvalue weighted by Gasteiger charge is -2.17. The summed E-state index contributed by atoms with van der Waals surface area (Å²) >= 11 is 0. The summed E-state index contributed by atoms with van der Waals surface area (Å²) in [4.78, 5) is 2.49. The zero-order valence-corrected chi connectivity index (χ0v) is 11.5. The van der Waals surface area contributed by atoms with Crippen LogP contribution in [0.1, 0.15) is 18.9 Å². The van der Waals surface area contributed by atoms with Gasteiger partial charge in [-0.15, -0.1) is 0 Å². The van der Waals surface area contributed by atoms with Crippen molar-refractivity contribution in [1.29, 1.82) is 0 Å². The van der Waals surface area contributed by atoms with Crippen LogP contribution in [0, 0.1) is 5.92 Å². The van der Waals surface area contributed by atoms with E-state index in [4.69, 9.17) is 4.74 Å². The van der Waals surface area contributed by atoms with E-state index in [1.54, 1.807) is 0 Å². The first kappa shape index (κ1) is 13.4. The van der Waals surface area contributed by atoms with Gasteiger partial charge in [0.25, 0.3) is 0 Å². The van der Waals surface area contributed by atoms with Gasteiger partial charge < -0.3 is 10.1 Å². The zero-order chi connectivity index (χ0) is 12.8. The molecule has 0 saturated carbocycles. The summed E-state index contributed by atoms with van der Waals surface area (Å²) in [5.41, 5.74) is 1.23. The Bertz CT molecular complexity index is 367. The van der Waals surface area contributed by atoms with Gasteiger partial charge in [0.15, 0.2) is 0 Å². The standard InChI is InChI=1S/C15H24N2O/c1-13-7-8-17(12-13)9-10-18-15-6-4-3-5-14(15)11-16-2/h3-6,13,16H,7-12H2,1-2H3.